The molecule has 10 heteroatoms. The molecule has 1 N–H and O–H groups in total. The number of rotatable bonds is 66. The maximum Gasteiger partial charge on any atom is 0.306 e. The molecule has 0 bridgehead atoms. The number of nitrogens with zero attached hydrogens (tertiary/aromatic N) is 1. The van der Waals surface area contributed by atoms with Crippen molar-refractivity contribution in [2.45, 2.75) is 354 Å². The Morgan fingerprint density at radius 2 is 0.718 bits per heavy atom. The second-order valence-corrected chi connectivity index (χ2v) is 27.1. The Morgan fingerprint density at radius 1 is 0.412 bits per heavy atom. The predicted molar refractivity (Wildman–Crippen MR) is 367 cm³/mol. The van der Waals surface area contributed by atoms with Crippen LogP contribution < -0.4 is 10.2 Å². The fourth-order valence-electron chi connectivity index (χ4n) is 10.5. The molecule has 0 heterocycles. The van der Waals surface area contributed by atoms with E-state index in [9.17, 15) is 19.0 Å². The minimum Gasteiger partial charge on any atom is -0.756 e. The van der Waals surface area contributed by atoms with Gasteiger partial charge >= 0.3 is 5.97 Å². The molecule has 1 amide bonds. The van der Waals surface area contributed by atoms with Crippen LogP contribution in [0.15, 0.2) is 72.9 Å². The molecule has 0 aliphatic heterocycles. The summed E-state index contributed by atoms with van der Waals surface area (Å²) in [5.74, 6) is -0.538. The van der Waals surface area contributed by atoms with Crippen LogP contribution in [0.4, 0.5) is 0 Å². The van der Waals surface area contributed by atoms with Crippen molar-refractivity contribution in [3.05, 3.63) is 72.9 Å². The van der Waals surface area contributed by atoms with E-state index in [2.05, 4.69) is 86.8 Å². The van der Waals surface area contributed by atoms with Gasteiger partial charge in [0.15, 0.2) is 0 Å². The van der Waals surface area contributed by atoms with Gasteiger partial charge in [-0.05, 0) is 102 Å². The van der Waals surface area contributed by atoms with Crippen LogP contribution in [-0.4, -0.2) is 69.4 Å². The molecule has 0 rings (SSSR count). The van der Waals surface area contributed by atoms with E-state index in [0.29, 0.717) is 17.4 Å². The van der Waals surface area contributed by atoms with Crippen molar-refractivity contribution in [3.63, 3.8) is 0 Å². The Balaban J connectivity index is 5.02. The van der Waals surface area contributed by atoms with Gasteiger partial charge in [-0.25, -0.2) is 0 Å². The minimum absolute atomic E-state index is 0.0243. The molecule has 3 unspecified atom stereocenters. The molecule has 0 radical (unpaired) electrons. The third kappa shape index (κ3) is 65.7. The van der Waals surface area contributed by atoms with E-state index in [1.807, 2.05) is 33.3 Å². The molecule has 85 heavy (non-hydrogen) atoms. The molecule has 0 aliphatic carbocycles. The highest BCUT2D eigenvalue weighted by atomic mass is 31.2. The quantitative estimate of drug-likeness (QED) is 0.0212. The largest absolute Gasteiger partial charge is 0.756 e. The number of phosphoric acid groups is 1. The number of allylic oxidation sites excluding steroid dienone is 11. The fourth-order valence-corrected chi connectivity index (χ4v) is 11.2. The molecular formula is C75H139N2O7P. The van der Waals surface area contributed by atoms with Crippen LogP contribution >= 0.6 is 7.82 Å². The van der Waals surface area contributed by atoms with E-state index in [0.717, 1.165) is 89.9 Å². The number of phosphoric ester groups is 1. The highest BCUT2D eigenvalue weighted by molar-refractivity contribution is 7.45. The van der Waals surface area contributed by atoms with E-state index in [4.69, 9.17) is 13.8 Å². The number of hydrogen-bond acceptors (Lipinski definition) is 7. The van der Waals surface area contributed by atoms with Crippen LogP contribution in [0.2, 0.25) is 0 Å². The first kappa shape index (κ1) is 82.5. The maximum atomic E-state index is 13.6. The smallest absolute Gasteiger partial charge is 0.306 e. The molecule has 0 spiro atoms. The Bertz CT molecular complexity index is 1680. The topological polar surface area (TPSA) is 114 Å². The van der Waals surface area contributed by atoms with Crippen LogP contribution in [-0.2, 0) is 27.9 Å². The summed E-state index contributed by atoms with van der Waals surface area (Å²) < 4.78 is 30.4. The van der Waals surface area contributed by atoms with E-state index >= 15 is 0 Å². The van der Waals surface area contributed by atoms with Gasteiger partial charge in [0.25, 0.3) is 7.82 Å². The molecular weight excluding hydrogens is 1070 g/mol. The SMILES string of the molecule is CCCCC/C=C\C/C=C\C/C=C\C/C=C\CCCCCCCCCCCC(=O)OC(/C=C/CCCCCCCCCCC)C(COP(=O)([O-])OCC[N+](C)(C)C)NC(=O)CCCCCCCCCCCCCCC/C=C/CCCCCCCC. The standard InChI is InChI=1S/C75H139N2O7P/c1-7-10-13-16-19-22-25-27-29-31-33-35-37-38-40-42-44-46-48-50-53-56-59-62-65-68-75(79)84-73(66-63-60-57-54-51-24-21-18-15-12-9-3)72(71-83-85(80,81)82-70-69-77(4,5)6)76-74(78)67-64-61-58-55-52-49-47-45-43-41-39-36-34-32-30-28-26-23-20-17-14-11-8-2/h19,22,27-30,33,35,38,40,63,66,72-73H,7-18,20-21,23-26,31-32,34,36-37,39,41-62,64-65,67-71H2,1-6H3,(H-,76,78,80,81)/b22-19-,29-27-,30-28+,35-33-,40-38-,66-63+. The third-order valence-electron chi connectivity index (χ3n) is 16.1. The molecule has 3 atom stereocenters. The first-order valence-corrected chi connectivity index (χ1v) is 37.7. The second-order valence-electron chi connectivity index (χ2n) is 25.7. The van der Waals surface area contributed by atoms with Gasteiger partial charge in [0.05, 0.1) is 33.8 Å². The van der Waals surface area contributed by atoms with Crippen molar-refractivity contribution in [1.29, 1.82) is 0 Å². The van der Waals surface area contributed by atoms with Crippen molar-refractivity contribution in [1.82, 2.24) is 5.32 Å². The van der Waals surface area contributed by atoms with Gasteiger partial charge in [0.1, 0.15) is 19.3 Å². The average molecular weight is 1210 g/mol. The van der Waals surface area contributed by atoms with Gasteiger partial charge < -0.3 is 28.5 Å². The monoisotopic (exact) mass is 1210 g/mol. The zero-order valence-electron chi connectivity index (χ0n) is 56.8. The highest BCUT2D eigenvalue weighted by Gasteiger charge is 2.27. The highest BCUT2D eigenvalue weighted by Crippen LogP contribution is 2.38. The number of carbonyl (C=O) groups excluding carboxylic acids is 2. The summed E-state index contributed by atoms with van der Waals surface area (Å²) in [7, 11) is 1.19. The Morgan fingerprint density at radius 3 is 1.11 bits per heavy atom. The third-order valence-corrected chi connectivity index (χ3v) is 17.1. The van der Waals surface area contributed by atoms with Crippen LogP contribution in [0.3, 0.4) is 0 Å². The maximum absolute atomic E-state index is 13.6. The Hall–Kier alpha value is -2.55. The van der Waals surface area contributed by atoms with Gasteiger partial charge in [-0.15, -0.1) is 0 Å². The zero-order valence-corrected chi connectivity index (χ0v) is 57.7. The molecule has 0 aromatic carbocycles. The normalized spacial score (nSPS) is 13.9. The summed E-state index contributed by atoms with van der Waals surface area (Å²) in [4.78, 5) is 40.2. The number of amides is 1. The van der Waals surface area contributed by atoms with Crippen LogP contribution in [0, 0.1) is 0 Å². The van der Waals surface area contributed by atoms with Crippen molar-refractivity contribution >= 4 is 19.7 Å². The molecule has 0 saturated heterocycles. The van der Waals surface area contributed by atoms with E-state index in [1.165, 1.54) is 218 Å². The Labute approximate surface area is 527 Å². The number of likely N-dealkylation sites (N-methyl/N-ethyl adjacent to an activating group) is 1. The first-order valence-electron chi connectivity index (χ1n) is 36.2. The van der Waals surface area contributed by atoms with Gasteiger partial charge in [0.2, 0.25) is 5.91 Å². The summed E-state index contributed by atoms with van der Waals surface area (Å²) in [5.41, 5.74) is 0. The van der Waals surface area contributed by atoms with Gasteiger partial charge in [-0.3, -0.25) is 14.2 Å². The number of ether oxygens (including phenoxy) is 1. The van der Waals surface area contributed by atoms with Crippen molar-refractivity contribution in [2.75, 3.05) is 40.9 Å². The number of carbonyl (C=O) groups is 2. The molecule has 0 saturated carbocycles. The molecule has 0 aromatic rings. The lowest BCUT2D eigenvalue weighted by molar-refractivity contribution is -0.870. The van der Waals surface area contributed by atoms with E-state index < -0.39 is 26.6 Å². The van der Waals surface area contributed by atoms with E-state index in [-0.39, 0.29) is 24.9 Å². The molecule has 496 valence electrons. The Kier molecular flexibility index (Phi) is 62.5. The number of hydrogen-bond donors (Lipinski definition) is 1. The zero-order chi connectivity index (χ0) is 62.1. The van der Waals surface area contributed by atoms with Crippen molar-refractivity contribution in [2.24, 2.45) is 0 Å². The van der Waals surface area contributed by atoms with Crippen molar-refractivity contribution in [3.8, 4) is 0 Å². The minimum atomic E-state index is -4.71. The lowest BCUT2D eigenvalue weighted by Crippen LogP contribution is -2.47. The van der Waals surface area contributed by atoms with Crippen molar-refractivity contribution < 1.29 is 37.3 Å². The summed E-state index contributed by atoms with van der Waals surface area (Å²) in [6.07, 6.45) is 84.5. The number of esters is 1. The van der Waals surface area contributed by atoms with Crippen LogP contribution in [0.1, 0.15) is 342 Å². The molecule has 0 aliphatic rings. The lowest BCUT2D eigenvalue weighted by Gasteiger charge is -2.30. The summed E-state index contributed by atoms with van der Waals surface area (Å²) in [6, 6.07) is -0.893. The molecule has 0 aromatic heterocycles. The van der Waals surface area contributed by atoms with Crippen LogP contribution in [0.25, 0.3) is 0 Å². The van der Waals surface area contributed by atoms with E-state index in [1.54, 1.807) is 0 Å². The number of nitrogens with one attached hydrogen (secondary N) is 1. The summed E-state index contributed by atoms with van der Waals surface area (Å²) >= 11 is 0. The fraction of sp³-hybridized carbons (Fsp3) is 0.813. The average Bonchev–Trinajstić information content (AvgIpc) is 3.58. The summed E-state index contributed by atoms with van der Waals surface area (Å²) in [6.45, 7) is 6.84. The number of unbranched alkanes of at least 4 members (excludes halogenated alkanes) is 40. The van der Waals surface area contributed by atoms with Gasteiger partial charge in [-0.1, -0.05) is 299 Å². The summed E-state index contributed by atoms with van der Waals surface area (Å²) in [5, 5.41) is 3.04. The lowest BCUT2D eigenvalue weighted by atomic mass is 10.0. The van der Waals surface area contributed by atoms with Gasteiger partial charge in [-0.2, -0.15) is 0 Å². The predicted octanol–water partition coefficient (Wildman–Crippen LogP) is 22.5. The second kappa shape index (κ2) is 64.4. The first-order chi connectivity index (χ1) is 41.4. The molecule has 0 fully saturated rings. The van der Waals surface area contributed by atoms with Gasteiger partial charge in [0, 0.05) is 12.8 Å². The number of quaternary nitrogens is 1. The molecule has 9 nitrogen and oxygen atoms in total. The van der Waals surface area contributed by atoms with Crippen LogP contribution in [0.5, 0.6) is 0 Å².